The quantitative estimate of drug-likeness (QED) is 0.764. The summed E-state index contributed by atoms with van der Waals surface area (Å²) in [5, 5.41) is 3.35. The maximum atomic E-state index is 5.29. The van der Waals surface area contributed by atoms with E-state index in [4.69, 9.17) is 8.83 Å². The molecule has 98 valence electrons. The highest BCUT2D eigenvalue weighted by Crippen LogP contribution is 2.10. The normalized spacial score (nSPS) is 11.3. The molecule has 2 heterocycles. The Morgan fingerprint density at radius 2 is 2.11 bits per heavy atom. The van der Waals surface area contributed by atoms with E-state index in [1.54, 1.807) is 12.5 Å². The first-order chi connectivity index (χ1) is 8.75. The lowest BCUT2D eigenvalue weighted by atomic mass is 10.2. The van der Waals surface area contributed by atoms with Gasteiger partial charge in [0.05, 0.1) is 19.1 Å². The van der Waals surface area contributed by atoms with Crippen molar-refractivity contribution < 1.29 is 8.83 Å². The Hall–Kier alpha value is -1.52. The highest BCUT2D eigenvalue weighted by molar-refractivity contribution is 5.14. The Morgan fingerprint density at radius 1 is 1.22 bits per heavy atom. The van der Waals surface area contributed by atoms with Crippen LogP contribution in [0.25, 0.3) is 0 Å². The van der Waals surface area contributed by atoms with E-state index in [1.807, 2.05) is 25.1 Å². The van der Waals surface area contributed by atoms with E-state index in [0.717, 1.165) is 37.7 Å². The van der Waals surface area contributed by atoms with Crippen molar-refractivity contribution in [1.29, 1.82) is 0 Å². The van der Waals surface area contributed by atoms with E-state index in [9.17, 15) is 0 Å². The van der Waals surface area contributed by atoms with Gasteiger partial charge in [-0.2, -0.15) is 0 Å². The summed E-state index contributed by atoms with van der Waals surface area (Å²) in [6.45, 7) is 5.63. The van der Waals surface area contributed by atoms with E-state index in [0.29, 0.717) is 0 Å². The van der Waals surface area contributed by atoms with Crippen LogP contribution < -0.4 is 5.32 Å². The van der Waals surface area contributed by atoms with Gasteiger partial charge in [-0.3, -0.25) is 0 Å². The molecule has 0 spiro atoms. The fourth-order valence-electron chi connectivity index (χ4n) is 1.84. The molecule has 0 radical (unpaired) electrons. The van der Waals surface area contributed by atoms with Crippen LogP contribution in [0.1, 0.15) is 17.1 Å². The van der Waals surface area contributed by atoms with E-state index in [-0.39, 0.29) is 0 Å². The minimum atomic E-state index is 0.783. The Bertz CT molecular complexity index is 448. The molecule has 0 atom stereocenters. The van der Waals surface area contributed by atoms with E-state index < -0.39 is 0 Å². The predicted molar refractivity (Wildman–Crippen MR) is 70.2 cm³/mol. The Balaban J connectivity index is 1.63. The van der Waals surface area contributed by atoms with Crippen molar-refractivity contribution in [2.45, 2.75) is 20.0 Å². The standard InChI is InChI=1S/C14H20N2O2/c1-12-13(5-9-17-12)11-16(2)7-6-15-10-14-4-3-8-18-14/h3-5,8-9,15H,6-7,10-11H2,1-2H3. The van der Waals surface area contributed by atoms with Crippen LogP contribution in [0, 0.1) is 6.92 Å². The minimum absolute atomic E-state index is 0.783. The van der Waals surface area contributed by atoms with Crippen molar-refractivity contribution in [3.05, 3.63) is 47.8 Å². The molecule has 0 aliphatic rings. The maximum Gasteiger partial charge on any atom is 0.117 e. The molecule has 0 aliphatic carbocycles. The molecular formula is C14H20N2O2. The van der Waals surface area contributed by atoms with Crippen LogP contribution in [-0.2, 0) is 13.1 Å². The van der Waals surface area contributed by atoms with Gasteiger partial charge in [-0.05, 0) is 32.2 Å². The van der Waals surface area contributed by atoms with E-state index >= 15 is 0 Å². The number of likely N-dealkylation sites (N-methyl/N-ethyl adjacent to an activating group) is 1. The second-order valence-electron chi connectivity index (χ2n) is 4.50. The first-order valence-electron chi connectivity index (χ1n) is 6.20. The van der Waals surface area contributed by atoms with Crippen molar-refractivity contribution >= 4 is 0 Å². The Labute approximate surface area is 108 Å². The number of hydrogen-bond acceptors (Lipinski definition) is 4. The summed E-state index contributed by atoms with van der Waals surface area (Å²) in [4.78, 5) is 2.27. The summed E-state index contributed by atoms with van der Waals surface area (Å²) in [5.41, 5.74) is 1.25. The zero-order valence-electron chi connectivity index (χ0n) is 11.0. The molecule has 2 aromatic rings. The topological polar surface area (TPSA) is 41.6 Å². The lowest BCUT2D eigenvalue weighted by Gasteiger charge is -2.16. The molecule has 0 aromatic carbocycles. The summed E-state index contributed by atoms with van der Waals surface area (Å²) in [7, 11) is 2.11. The monoisotopic (exact) mass is 248 g/mol. The lowest BCUT2D eigenvalue weighted by molar-refractivity contribution is 0.319. The van der Waals surface area contributed by atoms with Crippen molar-refractivity contribution in [3.8, 4) is 0 Å². The molecule has 0 fully saturated rings. The van der Waals surface area contributed by atoms with Gasteiger partial charge in [0, 0.05) is 25.2 Å². The molecule has 18 heavy (non-hydrogen) atoms. The molecular weight excluding hydrogens is 228 g/mol. The second kappa shape index (κ2) is 6.42. The molecule has 0 unspecified atom stereocenters. The van der Waals surface area contributed by atoms with E-state index in [2.05, 4.69) is 17.3 Å². The van der Waals surface area contributed by atoms with Gasteiger partial charge in [0.2, 0.25) is 0 Å². The number of furan rings is 2. The molecule has 1 N–H and O–H groups in total. The Morgan fingerprint density at radius 3 is 2.78 bits per heavy atom. The van der Waals surface area contributed by atoms with Gasteiger partial charge in [-0.1, -0.05) is 0 Å². The SMILES string of the molecule is Cc1occc1CN(C)CCNCc1ccco1. The maximum absolute atomic E-state index is 5.29. The van der Waals surface area contributed by atoms with Crippen LogP contribution in [0.4, 0.5) is 0 Å². The minimum Gasteiger partial charge on any atom is -0.469 e. The summed E-state index contributed by atoms with van der Waals surface area (Å²) < 4.78 is 10.5. The van der Waals surface area contributed by atoms with Crippen molar-refractivity contribution in [2.24, 2.45) is 0 Å². The van der Waals surface area contributed by atoms with Crippen LogP contribution in [0.2, 0.25) is 0 Å². The van der Waals surface area contributed by atoms with Gasteiger partial charge in [0.15, 0.2) is 0 Å². The second-order valence-corrected chi connectivity index (χ2v) is 4.50. The summed E-state index contributed by atoms with van der Waals surface area (Å²) in [5.74, 6) is 1.98. The van der Waals surface area contributed by atoms with Crippen LogP contribution >= 0.6 is 0 Å². The van der Waals surface area contributed by atoms with Crippen LogP contribution in [-0.4, -0.2) is 25.0 Å². The summed E-state index contributed by atoms with van der Waals surface area (Å²) in [6.07, 6.45) is 3.44. The average molecular weight is 248 g/mol. The summed E-state index contributed by atoms with van der Waals surface area (Å²) in [6, 6.07) is 5.92. The number of rotatable bonds is 7. The van der Waals surface area contributed by atoms with Crippen LogP contribution in [0.3, 0.4) is 0 Å². The highest BCUT2D eigenvalue weighted by Gasteiger charge is 2.05. The van der Waals surface area contributed by atoms with Crippen LogP contribution in [0.15, 0.2) is 39.6 Å². The third kappa shape index (κ3) is 3.75. The molecule has 0 saturated carbocycles. The zero-order valence-corrected chi connectivity index (χ0v) is 11.0. The molecule has 0 aliphatic heterocycles. The zero-order chi connectivity index (χ0) is 12.8. The van der Waals surface area contributed by atoms with Gasteiger partial charge < -0.3 is 19.1 Å². The van der Waals surface area contributed by atoms with Crippen molar-refractivity contribution in [1.82, 2.24) is 10.2 Å². The third-order valence-electron chi connectivity index (χ3n) is 2.96. The molecule has 2 rings (SSSR count). The van der Waals surface area contributed by atoms with Gasteiger partial charge in [-0.25, -0.2) is 0 Å². The fraction of sp³-hybridized carbons (Fsp3) is 0.429. The number of nitrogens with one attached hydrogen (secondary N) is 1. The van der Waals surface area contributed by atoms with E-state index in [1.165, 1.54) is 5.56 Å². The fourth-order valence-corrected chi connectivity index (χ4v) is 1.84. The smallest absolute Gasteiger partial charge is 0.117 e. The van der Waals surface area contributed by atoms with Crippen LogP contribution in [0.5, 0.6) is 0 Å². The summed E-state index contributed by atoms with van der Waals surface area (Å²) >= 11 is 0. The van der Waals surface area contributed by atoms with Crippen molar-refractivity contribution in [3.63, 3.8) is 0 Å². The lowest BCUT2D eigenvalue weighted by Crippen LogP contribution is -2.28. The third-order valence-corrected chi connectivity index (χ3v) is 2.96. The average Bonchev–Trinajstić information content (AvgIpc) is 2.98. The number of aryl methyl sites for hydroxylation is 1. The van der Waals surface area contributed by atoms with Gasteiger partial charge in [0.1, 0.15) is 11.5 Å². The molecule has 0 amide bonds. The first-order valence-corrected chi connectivity index (χ1v) is 6.20. The molecule has 4 nitrogen and oxygen atoms in total. The largest absolute Gasteiger partial charge is 0.469 e. The van der Waals surface area contributed by atoms with Gasteiger partial charge >= 0.3 is 0 Å². The molecule has 4 heteroatoms. The van der Waals surface area contributed by atoms with Crippen molar-refractivity contribution in [2.75, 3.05) is 20.1 Å². The molecule has 2 aromatic heterocycles. The Kier molecular flexibility index (Phi) is 4.61. The first kappa shape index (κ1) is 12.9. The molecule has 0 bridgehead atoms. The molecule has 0 saturated heterocycles. The predicted octanol–water partition coefficient (Wildman–Crippen LogP) is 2.40. The number of nitrogens with zero attached hydrogens (tertiary/aromatic N) is 1. The highest BCUT2D eigenvalue weighted by atomic mass is 16.3. The number of hydrogen-bond donors (Lipinski definition) is 1. The van der Waals surface area contributed by atoms with Gasteiger partial charge in [-0.15, -0.1) is 0 Å². The van der Waals surface area contributed by atoms with Gasteiger partial charge in [0.25, 0.3) is 0 Å².